The number of esters is 1. The lowest BCUT2D eigenvalue weighted by Gasteiger charge is -2.28. The number of nitrogens with zero attached hydrogens (tertiary/aromatic N) is 4. The summed E-state index contributed by atoms with van der Waals surface area (Å²) < 4.78 is 13.4. The Balaban J connectivity index is 1.53. The molecule has 33 heavy (non-hydrogen) atoms. The van der Waals surface area contributed by atoms with Gasteiger partial charge in [0, 0.05) is 24.9 Å². The fraction of sp³-hybridized carbons (Fsp3) is 0.435. The Bertz CT molecular complexity index is 1180. The molecule has 0 spiro atoms. The Morgan fingerprint density at radius 3 is 2.82 bits per heavy atom. The first-order chi connectivity index (χ1) is 16.0. The highest BCUT2D eigenvalue weighted by molar-refractivity contribution is 7.19. The van der Waals surface area contributed by atoms with Crippen LogP contribution in [0, 0.1) is 5.92 Å². The molecule has 0 unspecified atom stereocenters. The molecule has 0 radical (unpaired) electrons. The third-order valence-corrected chi connectivity index (χ3v) is 7.03. The zero-order chi connectivity index (χ0) is 22.9. The average Bonchev–Trinajstić information content (AvgIpc) is 3.40. The molecule has 0 atom stereocenters. The second-order valence-electron chi connectivity index (χ2n) is 8.23. The van der Waals surface area contributed by atoms with Crippen molar-refractivity contribution in [3.05, 3.63) is 30.2 Å². The molecule has 1 N–H and O–H groups in total. The SMILES string of the molecule is CCOC(=O)[C@H]1CC[C@H](n2nc(-c3cccnc3)c3c2-c2sc(NC(C)=O)nc2CO3)CC1. The minimum absolute atomic E-state index is 0.0630. The van der Waals surface area contributed by atoms with E-state index >= 15 is 0 Å². The van der Waals surface area contributed by atoms with Gasteiger partial charge in [-0.05, 0) is 44.7 Å². The van der Waals surface area contributed by atoms with Crippen LogP contribution in [0.4, 0.5) is 5.13 Å². The summed E-state index contributed by atoms with van der Waals surface area (Å²) in [5.41, 5.74) is 3.28. The molecule has 10 heteroatoms. The highest BCUT2D eigenvalue weighted by Gasteiger charge is 2.35. The number of rotatable bonds is 5. The number of carbonyl (C=O) groups is 2. The number of hydrogen-bond donors (Lipinski definition) is 1. The fourth-order valence-electron chi connectivity index (χ4n) is 4.51. The summed E-state index contributed by atoms with van der Waals surface area (Å²) in [6.07, 6.45) is 6.65. The third kappa shape index (κ3) is 4.10. The normalized spacial score (nSPS) is 19.2. The second kappa shape index (κ2) is 8.93. The lowest BCUT2D eigenvalue weighted by atomic mass is 9.86. The van der Waals surface area contributed by atoms with Gasteiger partial charge in [-0.25, -0.2) is 4.98 Å². The smallest absolute Gasteiger partial charge is 0.308 e. The number of carbonyl (C=O) groups excluding carboxylic acids is 2. The summed E-state index contributed by atoms with van der Waals surface area (Å²) >= 11 is 1.43. The van der Waals surface area contributed by atoms with Gasteiger partial charge >= 0.3 is 5.97 Å². The van der Waals surface area contributed by atoms with Gasteiger partial charge < -0.3 is 14.8 Å². The zero-order valence-corrected chi connectivity index (χ0v) is 19.4. The van der Waals surface area contributed by atoms with Gasteiger partial charge in [-0.2, -0.15) is 5.10 Å². The van der Waals surface area contributed by atoms with E-state index in [4.69, 9.17) is 14.6 Å². The highest BCUT2D eigenvalue weighted by atomic mass is 32.1. The minimum Gasteiger partial charge on any atom is -0.483 e. The van der Waals surface area contributed by atoms with Gasteiger partial charge in [-0.15, -0.1) is 0 Å². The number of pyridine rings is 1. The molecule has 0 saturated heterocycles. The van der Waals surface area contributed by atoms with Crippen LogP contribution < -0.4 is 10.1 Å². The molecule has 1 saturated carbocycles. The van der Waals surface area contributed by atoms with E-state index in [0.717, 1.165) is 53.2 Å². The van der Waals surface area contributed by atoms with Gasteiger partial charge in [0.1, 0.15) is 23.7 Å². The van der Waals surface area contributed by atoms with Gasteiger partial charge in [0.15, 0.2) is 10.9 Å². The quantitative estimate of drug-likeness (QED) is 0.560. The van der Waals surface area contributed by atoms with Crippen LogP contribution in [-0.2, 0) is 20.9 Å². The Morgan fingerprint density at radius 1 is 1.30 bits per heavy atom. The summed E-state index contributed by atoms with van der Waals surface area (Å²) in [5, 5.41) is 8.32. The van der Waals surface area contributed by atoms with Crippen LogP contribution in [0.5, 0.6) is 5.75 Å². The maximum Gasteiger partial charge on any atom is 0.308 e. The molecule has 1 fully saturated rings. The first-order valence-corrected chi connectivity index (χ1v) is 12.0. The summed E-state index contributed by atoms with van der Waals surface area (Å²) in [6.45, 7) is 4.02. The van der Waals surface area contributed by atoms with Gasteiger partial charge in [0.2, 0.25) is 5.91 Å². The van der Waals surface area contributed by atoms with E-state index < -0.39 is 0 Å². The van der Waals surface area contributed by atoms with E-state index in [0.29, 0.717) is 24.1 Å². The number of ether oxygens (including phenoxy) is 2. The van der Waals surface area contributed by atoms with Crippen LogP contribution in [0.15, 0.2) is 24.5 Å². The Morgan fingerprint density at radius 2 is 2.12 bits per heavy atom. The molecular weight excluding hydrogens is 442 g/mol. The lowest BCUT2D eigenvalue weighted by Crippen LogP contribution is -2.26. The first kappa shape index (κ1) is 21.6. The van der Waals surface area contributed by atoms with Crippen LogP contribution in [0.3, 0.4) is 0 Å². The molecule has 3 aromatic rings. The van der Waals surface area contributed by atoms with Crippen molar-refractivity contribution in [2.45, 2.75) is 52.2 Å². The van der Waals surface area contributed by atoms with Gasteiger partial charge in [-0.3, -0.25) is 19.3 Å². The number of fused-ring (bicyclic) bond motifs is 3. The predicted molar refractivity (Wildman–Crippen MR) is 123 cm³/mol. The van der Waals surface area contributed by atoms with Crippen molar-refractivity contribution in [3.8, 4) is 27.6 Å². The van der Waals surface area contributed by atoms with Gasteiger partial charge in [0.25, 0.3) is 0 Å². The highest BCUT2D eigenvalue weighted by Crippen LogP contribution is 2.49. The number of aromatic nitrogens is 4. The van der Waals surface area contributed by atoms with Crippen molar-refractivity contribution in [1.29, 1.82) is 0 Å². The number of nitrogens with one attached hydrogen (secondary N) is 1. The van der Waals surface area contributed by atoms with Crippen molar-refractivity contribution in [2.75, 3.05) is 11.9 Å². The monoisotopic (exact) mass is 467 g/mol. The van der Waals surface area contributed by atoms with Crippen molar-refractivity contribution >= 4 is 28.3 Å². The molecule has 1 amide bonds. The maximum absolute atomic E-state index is 12.2. The summed E-state index contributed by atoms with van der Waals surface area (Å²) in [7, 11) is 0. The van der Waals surface area contributed by atoms with Crippen molar-refractivity contribution in [2.24, 2.45) is 5.92 Å². The Kier molecular flexibility index (Phi) is 5.84. The van der Waals surface area contributed by atoms with Crippen LogP contribution in [0.1, 0.15) is 51.3 Å². The summed E-state index contributed by atoms with van der Waals surface area (Å²) in [5.74, 6) is 0.375. The average molecular weight is 468 g/mol. The summed E-state index contributed by atoms with van der Waals surface area (Å²) in [4.78, 5) is 33.5. The standard InChI is InChI=1S/C23H25N5O4S/c1-3-31-22(30)14-6-8-16(9-7-14)28-19-20(18(27-28)15-5-4-10-24-11-15)32-12-17-21(19)33-23(26-17)25-13(2)29/h4-5,10-11,14,16H,3,6-9,12H2,1-2H3,(H,25,26,29)/t14-,16-. The van der Waals surface area contributed by atoms with E-state index in [2.05, 4.69) is 15.3 Å². The number of anilines is 1. The molecule has 172 valence electrons. The molecule has 2 aliphatic rings. The lowest BCUT2D eigenvalue weighted by molar-refractivity contribution is -0.149. The minimum atomic E-state index is -0.163. The van der Waals surface area contributed by atoms with Crippen LogP contribution in [0.25, 0.3) is 21.8 Å². The van der Waals surface area contributed by atoms with Crippen LogP contribution >= 0.6 is 11.3 Å². The second-order valence-corrected chi connectivity index (χ2v) is 9.23. The molecule has 3 aromatic heterocycles. The van der Waals surface area contributed by atoms with Crippen molar-refractivity contribution in [1.82, 2.24) is 19.7 Å². The maximum atomic E-state index is 12.2. The van der Waals surface area contributed by atoms with E-state index in [9.17, 15) is 9.59 Å². The fourth-order valence-corrected chi connectivity index (χ4v) is 5.56. The molecule has 5 rings (SSSR count). The molecule has 0 bridgehead atoms. The van der Waals surface area contributed by atoms with E-state index in [1.54, 1.807) is 12.4 Å². The molecule has 0 aromatic carbocycles. The van der Waals surface area contributed by atoms with Gasteiger partial charge in [0.05, 0.1) is 23.4 Å². The molecule has 9 nitrogen and oxygen atoms in total. The summed E-state index contributed by atoms with van der Waals surface area (Å²) in [6, 6.07) is 3.96. The Labute approximate surface area is 195 Å². The number of hydrogen-bond acceptors (Lipinski definition) is 8. The number of amides is 1. The van der Waals surface area contributed by atoms with Crippen LogP contribution in [-0.4, -0.2) is 38.2 Å². The van der Waals surface area contributed by atoms with Gasteiger partial charge in [-0.1, -0.05) is 11.3 Å². The zero-order valence-electron chi connectivity index (χ0n) is 18.5. The molecule has 1 aliphatic heterocycles. The number of thiazole rings is 1. The van der Waals surface area contributed by atoms with E-state index in [1.807, 2.05) is 23.7 Å². The van der Waals surface area contributed by atoms with Crippen molar-refractivity contribution in [3.63, 3.8) is 0 Å². The largest absolute Gasteiger partial charge is 0.483 e. The van der Waals surface area contributed by atoms with Crippen LogP contribution in [0.2, 0.25) is 0 Å². The molecule has 1 aliphatic carbocycles. The topological polar surface area (TPSA) is 108 Å². The van der Waals surface area contributed by atoms with Crippen molar-refractivity contribution < 1.29 is 19.1 Å². The molecular formula is C23H25N5O4S. The van der Waals surface area contributed by atoms with E-state index in [1.165, 1.54) is 18.3 Å². The molecule has 4 heterocycles. The predicted octanol–water partition coefficient (Wildman–Crippen LogP) is 4.21. The third-order valence-electron chi connectivity index (χ3n) is 6.01. The van der Waals surface area contributed by atoms with E-state index in [-0.39, 0.29) is 23.8 Å². The first-order valence-electron chi connectivity index (χ1n) is 11.1. The Hall–Kier alpha value is -3.27.